The molecular formula is C5H20N3O4P. The number of carboxylic acids is 1. The Labute approximate surface area is 78.8 Å². The van der Waals surface area contributed by atoms with Gasteiger partial charge >= 0.3 is 5.97 Å². The van der Waals surface area contributed by atoms with Gasteiger partial charge in [0.25, 0.3) is 0 Å². The molecule has 0 bridgehead atoms. The maximum atomic E-state index is 9.96. The van der Waals surface area contributed by atoms with E-state index in [1.54, 1.807) is 0 Å². The van der Waals surface area contributed by atoms with E-state index in [1.807, 2.05) is 6.92 Å². The Morgan fingerprint density at radius 2 is 1.85 bits per heavy atom. The monoisotopic (exact) mass is 217 g/mol. The fourth-order valence-electron chi connectivity index (χ4n) is 0.434. The zero-order valence-corrected chi connectivity index (χ0v) is 8.93. The lowest BCUT2D eigenvalue weighted by Gasteiger charge is -2.00. The molecule has 0 radical (unpaired) electrons. The van der Waals surface area contributed by atoms with Crippen molar-refractivity contribution in [2.75, 3.05) is 0 Å². The van der Waals surface area contributed by atoms with Crippen LogP contribution in [0.5, 0.6) is 0 Å². The van der Waals surface area contributed by atoms with Crippen LogP contribution in [0, 0.1) is 0 Å². The van der Waals surface area contributed by atoms with Gasteiger partial charge in [-0.05, 0) is 6.42 Å². The summed E-state index contributed by atoms with van der Waals surface area (Å²) in [6.45, 7) is 1.91. The predicted octanol–water partition coefficient (Wildman–Crippen LogP) is 0.172. The minimum Gasteiger partial charge on any atom is -0.480 e. The van der Waals surface area contributed by atoms with E-state index in [4.69, 9.17) is 20.3 Å². The number of nitrogens with two attached hydrogens (primary N) is 1. The Morgan fingerprint density at radius 3 is 1.92 bits per heavy atom. The van der Waals surface area contributed by atoms with Crippen molar-refractivity contribution in [2.45, 2.75) is 25.8 Å². The van der Waals surface area contributed by atoms with Crippen molar-refractivity contribution in [2.24, 2.45) is 5.73 Å². The summed E-state index contributed by atoms with van der Waals surface area (Å²) in [7, 11) is -1.50. The van der Waals surface area contributed by atoms with Gasteiger partial charge in [0, 0.05) is 0 Å². The van der Waals surface area contributed by atoms with Crippen LogP contribution in [0.4, 0.5) is 0 Å². The van der Waals surface area contributed by atoms with Crippen LogP contribution in [0.2, 0.25) is 0 Å². The molecule has 13 heavy (non-hydrogen) atoms. The molecule has 0 aliphatic heterocycles. The summed E-state index contributed by atoms with van der Waals surface area (Å²) >= 11 is 0. The van der Waals surface area contributed by atoms with E-state index in [2.05, 4.69) is 0 Å². The third-order valence-electron chi connectivity index (χ3n) is 0.917. The number of hydrogen-bond donors (Lipinski definition) is 5. The summed E-state index contributed by atoms with van der Waals surface area (Å²) in [6.07, 6.45) is 1.39. The fraction of sp³-hybridized carbons (Fsp3) is 0.800. The predicted molar refractivity (Wildman–Crippen MR) is 53.2 cm³/mol. The van der Waals surface area contributed by atoms with E-state index >= 15 is 0 Å². The molecule has 0 heterocycles. The Bertz CT molecular complexity index is 124. The second-order valence-corrected chi connectivity index (χ2v) is 2.05. The Kier molecular flexibility index (Phi) is 31.0. The molecule has 0 amide bonds. The average molecular weight is 217 g/mol. The summed E-state index contributed by atoms with van der Waals surface area (Å²) < 4.78 is 8.57. The molecule has 0 rings (SSSR count). The number of carbonyl (C=O) groups is 1. The van der Waals surface area contributed by atoms with Gasteiger partial charge in [-0.1, -0.05) is 13.3 Å². The smallest absolute Gasteiger partial charge is 0.320 e. The van der Waals surface area contributed by atoms with E-state index in [1.165, 1.54) is 0 Å². The molecule has 2 unspecified atom stereocenters. The summed E-state index contributed by atoms with van der Waals surface area (Å²) in [5.41, 5.74) is 5.13. The van der Waals surface area contributed by atoms with Crippen molar-refractivity contribution < 1.29 is 19.4 Å². The van der Waals surface area contributed by atoms with Gasteiger partial charge in [0.2, 0.25) is 0 Å². The largest absolute Gasteiger partial charge is 0.480 e. The number of carboxylic acid groups (broad SMARTS) is 1. The summed E-state index contributed by atoms with van der Waals surface area (Å²) in [4.78, 5) is 17.1. The van der Waals surface area contributed by atoms with Crippen LogP contribution in [0.15, 0.2) is 0 Å². The SMILES string of the molecule is CCCC(N)C(=O)O.N.N.O=[PH2]O. The van der Waals surface area contributed by atoms with Crippen LogP contribution >= 0.6 is 8.69 Å². The molecule has 0 aliphatic carbocycles. The second kappa shape index (κ2) is 17.6. The van der Waals surface area contributed by atoms with Crippen molar-refractivity contribution in [3.8, 4) is 0 Å². The van der Waals surface area contributed by atoms with E-state index in [9.17, 15) is 4.79 Å². The molecular weight excluding hydrogens is 197 g/mol. The molecule has 10 N–H and O–H groups in total. The first kappa shape index (κ1) is 22.9. The highest BCUT2D eigenvalue weighted by atomic mass is 31.1. The lowest BCUT2D eigenvalue weighted by Crippen LogP contribution is -2.29. The molecule has 0 aromatic heterocycles. The lowest BCUT2D eigenvalue weighted by atomic mass is 10.2. The van der Waals surface area contributed by atoms with Crippen molar-refractivity contribution in [1.29, 1.82) is 0 Å². The first-order valence-electron chi connectivity index (χ1n) is 3.16. The van der Waals surface area contributed by atoms with Gasteiger partial charge in [0.15, 0.2) is 8.69 Å². The highest BCUT2D eigenvalue weighted by Gasteiger charge is 2.07. The minimum atomic E-state index is -1.50. The summed E-state index contributed by atoms with van der Waals surface area (Å²) in [6, 6.07) is -0.667. The lowest BCUT2D eigenvalue weighted by molar-refractivity contribution is -0.138. The third kappa shape index (κ3) is 24.6. The zero-order chi connectivity index (χ0) is 9.28. The quantitative estimate of drug-likeness (QED) is 0.419. The van der Waals surface area contributed by atoms with Crippen LogP contribution in [0.1, 0.15) is 19.8 Å². The first-order valence-corrected chi connectivity index (χ1v) is 4.15. The molecule has 0 fully saturated rings. The van der Waals surface area contributed by atoms with Gasteiger partial charge in [-0.3, -0.25) is 9.36 Å². The maximum absolute atomic E-state index is 9.96. The van der Waals surface area contributed by atoms with Gasteiger partial charge in [0.1, 0.15) is 6.04 Å². The first-order chi connectivity index (χ1) is 5.09. The number of rotatable bonds is 3. The Hall–Kier alpha value is -0.460. The van der Waals surface area contributed by atoms with Gasteiger partial charge in [-0.15, -0.1) is 0 Å². The van der Waals surface area contributed by atoms with E-state index in [-0.39, 0.29) is 12.3 Å². The second-order valence-electron chi connectivity index (χ2n) is 1.84. The molecule has 0 aromatic carbocycles. The topological polar surface area (TPSA) is 171 Å². The highest BCUT2D eigenvalue weighted by molar-refractivity contribution is 7.16. The standard InChI is InChI=1S/C5H11NO2.2H3N.H3O2P/c1-2-3-4(6)5(7)8;;;1-3-2/h4H,2-3,6H2,1H3,(H,7,8);2*1H3;3H2,(H,1,2). The van der Waals surface area contributed by atoms with Crippen LogP contribution in [-0.2, 0) is 9.36 Å². The van der Waals surface area contributed by atoms with Gasteiger partial charge in [0.05, 0.1) is 0 Å². The average Bonchev–Trinajstić information content (AvgIpc) is 1.90. The molecule has 0 aliphatic rings. The number of hydrogen-bond acceptors (Lipinski definition) is 5. The van der Waals surface area contributed by atoms with Crippen molar-refractivity contribution >= 4 is 14.7 Å². The van der Waals surface area contributed by atoms with E-state index in [0.29, 0.717) is 6.42 Å². The van der Waals surface area contributed by atoms with Crippen molar-refractivity contribution in [3.05, 3.63) is 0 Å². The molecule has 0 aromatic rings. The Balaban J connectivity index is -0.0000000720. The molecule has 0 saturated carbocycles. The molecule has 0 spiro atoms. The van der Waals surface area contributed by atoms with E-state index in [0.717, 1.165) is 6.42 Å². The normalized spacial score (nSPS) is 10.4. The van der Waals surface area contributed by atoms with Gasteiger partial charge < -0.3 is 28.0 Å². The van der Waals surface area contributed by atoms with Crippen molar-refractivity contribution in [1.82, 2.24) is 12.3 Å². The van der Waals surface area contributed by atoms with Gasteiger partial charge in [-0.2, -0.15) is 0 Å². The zero-order valence-electron chi connectivity index (χ0n) is 7.77. The molecule has 84 valence electrons. The maximum Gasteiger partial charge on any atom is 0.320 e. The molecule has 0 saturated heterocycles. The highest BCUT2D eigenvalue weighted by Crippen LogP contribution is 1.91. The summed E-state index contributed by atoms with van der Waals surface area (Å²) in [5.74, 6) is -0.910. The molecule has 8 heteroatoms. The van der Waals surface area contributed by atoms with Crippen LogP contribution in [0.3, 0.4) is 0 Å². The Morgan fingerprint density at radius 1 is 1.54 bits per heavy atom. The third-order valence-corrected chi connectivity index (χ3v) is 0.917. The van der Waals surface area contributed by atoms with Gasteiger partial charge in [-0.25, -0.2) is 0 Å². The molecule has 2 atom stereocenters. The minimum absolute atomic E-state index is 0. The number of aliphatic carboxylic acids is 1. The van der Waals surface area contributed by atoms with Crippen LogP contribution in [0.25, 0.3) is 0 Å². The summed E-state index contributed by atoms with van der Waals surface area (Å²) in [5, 5.41) is 8.19. The van der Waals surface area contributed by atoms with Crippen molar-refractivity contribution in [3.63, 3.8) is 0 Å². The van der Waals surface area contributed by atoms with Crippen LogP contribution in [-0.4, -0.2) is 22.0 Å². The van der Waals surface area contributed by atoms with Crippen LogP contribution < -0.4 is 18.0 Å². The van der Waals surface area contributed by atoms with E-state index < -0.39 is 20.7 Å². The fourth-order valence-corrected chi connectivity index (χ4v) is 0.434. The molecule has 7 nitrogen and oxygen atoms in total.